The molecule has 0 radical (unpaired) electrons. The molecule has 0 amide bonds. The number of ether oxygens (including phenoxy) is 2. The van der Waals surface area contributed by atoms with Crippen LogP contribution in [-0.2, 0) is 20.8 Å². The first-order valence-corrected chi connectivity index (χ1v) is 11.2. The quantitative estimate of drug-likeness (QED) is 0.396. The van der Waals surface area contributed by atoms with Gasteiger partial charge in [-0.2, -0.15) is 0 Å². The summed E-state index contributed by atoms with van der Waals surface area (Å²) >= 11 is 0. The Bertz CT molecular complexity index is 1140. The molecule has 1 aromatic heterocycles. The van der Waals surface area contributed by atoms with Crippen molar-refractivity contribution in [1.29, 1.82) is 0 Å². The van der Waals surface area contributed by atoms with Gasteiger partial charge < -0.3 is 14.0 Å². The first-order chi connectivity index (χ1) is 15.8. The highest BCUT2D eigenvalue weighted by Gasteiger charge is 2.30. The van der Waals surface area contributed by atoms with Gasteiger partial charge in [-0.3, -0.25) is 4.79 Å². The summed E-state index contributed by atoms with van der Waals surface area (Å²) in [4.78, 5) is 26.2. The van der Waals surface area contributed by atoms with Crippen LogP contribution in [0.15, 0.2) is 66.7 Å². The number of rotatable bonds is 7. The number of nitrogens with zero attached hydrogens (tertiary/aromatic N) is 1. The summed E-state index contributed by atoms with van der Waals surface area (Å²) in [7, 11) is 0. The number of benzene rings is 2. The summed E-state index contributed by atoms with van der Waals surface area (Å²) < 4.78 is 13.0. The maximum absolute atomic E-state index is 13.3. The van der Waals surface area contributed by atoms with Gasteiger partial charge in [-0.25, -0.2) is 4.79 Å². The molecule has 0 bridgehead atoms. The van der Waals surface area contributed by atoms with Crippen molar-refractivity contribution in [2.75, 3.05) is 6.61 Å². The van der Waals surface area contributed by atoms with Crippen molar-refractivity contribution >= 4 is 18.0 Å². The minimum atomic E-state index is -0.621. The molecule has 3 rings (SSSR count). The largest absolute Gasteiger partial charge is 0.462 e. The standard InChI is InChI=1S/C28H31NO4/c1-6-14-22-25(27(31)32-7-2)24(20-15-10-8-11-16-20)26(21-17-12-9-13-18-21)29(22)19-23(30)33-28(3,4)5/h6,8-18H,7,19H2,1-5H3/b14-6+. The second-order valence-corrected chi connectivity index (χ2v) is 8.61. The number of hydrogen-bond donors (Lipinski definition) is 0. The van der Waals surface area contributed by atoms with E-state index in [-0.39, 0.29) is 19.1 Å². The second kappa shape index (κ2) is 10.3. The maximum atomic E-state index is 13.3. The SMILES string of the molecule is C/C=C/c1c(C(=O)OCC)c(-c2ccccc2)c(-c2ccccc2)n1CC(=O)OC(C)(C)C. The second-order valence-electron chi connectivity index (χ2n) is 8.61. The highest BCUT2D eigenvalue weighted by molar-refractivity contribution is 6.05. The Balaban J connectivity index is 2.39. The van der Waals surface area contributed by atoms with Crippen LogP contribution >= 0.6 is 0 Å². The molecule has 0 aliphatic rings. The molecule has 0 spiro atoms. The van der Waals surface area contributed by atoms with E-state index in [4.69, 9.17) is 9.47 Å². The van der Waals surface area contributed by atoms with Crippen molar-refractivity contribution in [3.8, 4) is 22.4 Å². The fourth-order valence-electron chi connectivity index (χ4n) is 3.83. The molecule has 0 saturated heterocycles. The van der Waals surface area contributed by atoms with Gasteiger partial charge in [0.1, 0.15) is 12.1 Å². The number of carbonyl (C=O) groups is 2. The lowest BCUT2D eigenvalue weighted by atomic mass is 9.96. The Morgan fingerprint density at radius 2 is 1.52 bits per heavy atom. The van der Waals surface area contributed by atoms with Crippen LogP contribution in [0.25, 0.3) is 28.5 Å². The monoisotopic (exact) mass is 445 g/mol. The van der Waals surface area contributed by atoms with Crippen molar-refractivity contribution in [2.24, 2.45) is 0 Å². The zero-order valence-electron chi connectivity index (χ0n) is 19.9. The Labute approximate surface area is 195 Å². The molecule has 2 aromatic carbocycles. The normalized spacial score (nSPS) is 11.5. The molecule has 3 aromatic rings. The van der Waals surface area contributed by atoms with Gasteiger partial charge in [-0.15, -0.1) is 0 Å². The summed E-state index contributed by atoms with van der Waals surface area (Å²) in [5.74, 6) is -0.806. The van der Waals surface area contributed by atoms with E-state index in [2.05, 4.69) is 0 Å². The number of hydrogen-bond acceptors (Lipinski definition) is 4. The molecule has 5 nitrogen and oxygen atoms in total. The minimum Gasteiger partial charge on any atom is -0.462 e. The summed E-state index contributed by atoms with van der Waals surface area (Å²) in [6, 6.07) is 19.5. The molecule has 0 atom stereocenters. The maximum Gasteiger partial charge on any atom is 0.340 e. The third-order valence-electron chi connectivity index (χ3n) is 4.92. The molecule has 5 heteroatoms. The lowest BCUT2D eigenvalue weighted by molar-refractivity contribution is -0.155. The van der Waals surface area contributed by atoms with Gasteiger partial charge in [0.2, 0.25) is 0 Å². The fraction of sp³-hybridized carbons (Fsp3) is 0.286. The smallest absolute Gasteiger partial charge is 0.340 e. The lowest BCUT2D eigenvalue weighted by Crippen LogP contribution is -2.27. The summed E-state index contributed by atoms with van der Waals surface area (Å²) in [6.45, 7) is 9.39. The number of carbonyl (C=O) groups excluding carboxylic acids is 2. The van der Waals surface area contributed by atoms with E-state index in [1.54, 1.807) is 6.92 Å². The third kappa shape index (κ3) is 5.61. The number of aromatic nitrogens is 1. The molecule has 0 aliphatic heterocycles. The van der Waals surface area contributed by atoms with Crippen molar-refractivity contribution in [3.05, 3.63) is 78.0 Å². The van der Waals surface area contributed by atoms with Crippen molar-refractivity contribution in [2.45, 2.75) is 46.8 Å². The van der Waals surface area contributed by atoms with E-state index in [1.807, 2.05) is 105 Å². The summed E-state index contributed by atoms with van der Waals surface area (Å²) in [5, 5.41) is 0. The van der Waals surface area contributed by atoms with Gasteiger partial charge in [0.25, 0.3) is 0 Å². The molecule has 172 valence electrons. The molecule has 0 fully saturated rings. The minimum absolute atomic E-state index is 0.0413. The van der Waals surface area contributed by atoms with Crippen LogP contribution in [-0.4, -0.2) is 28.7 Å². The van der Waals surface area contributed by atoms with Gasteiger partial charge in [-0.1, -0.05) is 66.7 Å². The molecule has 1 heterocycles. The van der Waals surface area contributed by atoms with E-state index in [1.165, 1.54) is 0 Å². The topological polar surface area (TPSA) is 57.5 Å². The molecular weight excluding hydrogens is 414 g/mol. The average molecular weight is 446 g/mol. The molecule has 0 unspecified atom stereocenters. The summed E-state index contributed by atoms with van der Waals surface area (Å²) in [5.41, 5.74) is 3.68. The Morgan fingerprint density at radius 3 is 2.03 bits per heavy atom. The predicted molar refractivity (Wildman–Crippen MR) is 132 cm³/mol. The number of esters is 2. The Morgan fingerprint density at radius 1 is 0.939 bits per heavy atom. The van der Waals surface area contributed by atoms with E-state index in [0.29, 0.717) is 11.3 Å². The fourth-order valence-corrected chi connectivity index (χ4v) is 3.83. The van der Waals surface area contributed by atoms with E-state index in [9.17, 15) is 9.59 Å². The lowest BCUT2D eigenvalue weighted by Gasteiger charge is -2.21. The van der Waals surface area contributed by atoms with E-state index in [0.717, 1.165) is 22.4 Å². The van der Waals surface area contributed by atoms with Gasteiger partial charge in [0.15, 0.2) is 0 Å². The molecule has 0 aliphatic carbocycles. The van der Waals surface area contributed by atoms with Gasteiger partial charge >= 0.3 is 11.9 Å². The molecule has 0 N–H and O–H groups in total. The van der Waals surface area contributed by atoms with Crippen LogP contribution in [0.3, 0.4) is 0 Å². The molecule has 0 saturated carbocycles. The van der Waals surface area contributed by atoms with Crippen LogP contribution in [0.4, 0.5) is 0 Å². The Kier molecular flexibility index (Phi) is 7.54. The first-order valence-electron chi connectivity index (χ1n) is 11.2. The highest BCUT2D eigenvalue weighted by atomic mass is 16.6. The molecule has 33 heavy (non-hydrogen) atoms. The van der Waals surface area contributed by atoms with Crippen LogP contribution in [0.2, 0.25) is 0 Å². The predicted octanol–water partition coefficient (Wildman–Crippen LogP) is 6.37. The zero-order valence-corrected chi connectivity index (χ0v) is 19.9. The van der Waals surface area contributed by atoms with E-state index < -0.39 is 11.6 Å². The van der Waals surface area contributed by atoms with Crippen LogP contribution in [0, 0.1) is 0 Å². The first kappa shape index (κ1) is 24.1. The zero-order chi connectivity index (χ0) is 24.0. The number of allylic oxidation sites excluding steroid dienone is 1. The third-order valence-corrected chi connectivity index (χ3v) is 4.92. The van der Waals surface area contributed by atoms with Crippen molar-refractivity contribution in [1.82, 2.24) is 4.57 Å². The van der Waals surface area contributed by atoms with Crippen molar-refractivity contribution < 1.29 is 19.1 Å². The van der Waals surface area contributed by atoms with Crippen LogP contribution in [0.5, 0.6) is 0 Å². The van der Waals surface area contributed by atoms with Gasteiger partial charge in [-0.05, 0) is 51.8 Å². The van der Waals surface area contributed by atoms with Crippen molar-refractivity contribution in [3.63, 3.8) is 0 Å². The van der Waals surface area contributed by atoms with Gasteiger partial charge in [0, 0.05) is 5.56 Å². The summed E-state index contributed by atoms with van der Waals surface area (Å²) in [6.07, 6.45) is 3.70. The Hall–Kier alpha value is -3.60. The average Bonchev–Trinajstić information content (AvgIpc) is 3.08. The van der Waals surface area contributed by atoms with Gasteiger partial charge in [0.05, 0.1) is 23.6 Å². The van der Waals surface area contributed by atoms with E-state index >= 15 is 0 Å². The van der Waals surface area contributed by atoms with Crippen LogP contribution in [0.1, 0.15) is 50.7 Å². The molecular formula is C28H31NO4. The highest BCUT2D eigenvalue weighted by Crippen LogP contribution is 2.40. The van der Waals surface area contributed by atoms with Crippen LogP contribution < -0.4 is 0 Å².